The molecule has 0 bridgehead atoms. The third kappa shape index (κ3) is 3.45. The molecule has 78 valence electrons. The first-order chi connectivity index (χ1) is 6.59. The summed E-state index contributed by atoms with van der Waals surface area (Å²) in [4.78, 5) is 10.8. The van der Waals surface area contributed by atoms with Crippen LogP contribution in [-0.2, 0) is 11.3 Å². The van der Waals surface area contributed by atoms with Crippen molar-refractivity contribution >= 4 is 17.5 Å². The maximum absolute atomic E-state index is 10.8. The van der Waals surface area contributed by atoms with E-state index in [0.29, 0.717) is 16.8 Å². The van der Waals surface area contributed by atoms with Crippen LogP contribution in [0.4, 0.5) is 0 Å². The lowest BCUT2D eigenvalue weighted by Crippen LogP contribution is -2.08. The molecule has 1 rings (SSSR count). The molecule has 0 atom stereocenters. The first-order valence-electron chi connectivity index (χ1n) is 4.48. The summed E-state index contributed by atoms with van der Waals surface area (Å²) in [6, 6.07) is 0. The number of rotatable bonds is 5. The number of ketones is 1. The van der Waals surface area contributed by atoms with E-state index < -0.39 is 0 Å². The average molecular weight is 214 g/mol. The molecule has 0 saturated carbocycles. The number of nitrogens with zero attached hydrogens (tertiary/aromatic N) is 4. The van der Waals surface area contributed by atoms with Crippen LogP contribution in [0.15, 0.2) is 5.16 Å². The van der Waals surface area contributed by atoms with Crippen molar-refractivity contribution in [2.24, 2.45) is 5.92 Å². The summed E-state index contributed by atoms with van der Waals surface area (Å²) in [6.45, 7) is 6.54. The monoisotopic (exact) mass is 214 g/mol. The number of hydrogen-bond acceptors (Lipinski definition) is 5. The summed E-state index contributed by atoms with van der Waals surface area (Å²) in [5, 5.41) is 12.0. The Labute approximate surface area is 87.3 Å². The predicted molar refractivity (Wildman–Crippen MR) is 54.1 cm³/mol. The Morgan fingerprint density at radius 2 is 2.29 bits per heavy atom. The third-order valence-electron chi connectivity index (χ3n) is 1.44. The maximum Gasteiger partial charge on any atom is 0.209 e. The third-order valence-corrected chi connectivity index (χ3v) is 2.54. The fraction of sp³-hybridized carbons (Fsp3) is 0.750. The molecule has 1 heterocycles. The van der Waals surface area contributed by atoms with Gasteiger partial charge < -0.3 is 0 Å². The molecular formula is C8H14N4OS. The van der Waals surface area contributed by atoms with Crippen molar-refractivity contribution in [2.45, 2.75) is 32.5 Å². The standard InChI is InChI=1S/C8H14N4OS/c1-6(2)4-12-8(9-10-11-12)14-5-7(3)13/h6H,4-5H2,1-3H3. The topological polar surface area (TPSA) is 60.7 Å². The molecule has 0 saturated heterocycles. The largest absolute Gasteiger partial charge is 0.299 e. The van der Waals surface area contributed by atoms with E-state index in [2.05, 4.69) is 29.4 Å². The summed E-state index contributed by atoms with van der Waals surface area (Å²) in [7, 11) is 0. The van der Waals surface area contributed by atoms with Crippen LogP contribution in [0.5, 0.6) is 0 Å². The Balaban J connectivity index is 2.58. The second-order valence-electron chi connectivity index (χ2n) is 3.53. The molecule has 0 aliphatic rings. The Morgan fingerprint density at radius 1 is 1.57 bits per heavy atom. The predicted octanol–water partition coefficient (Wildman–Crippen LogP) is 1.01. The summed E-state index contributed by atoms with van der Waals surface area (Å²) in [6.07, 6.45) is 0. The zero-order chi connectivity index (χ0) is 10.6. The Bertz CT molecular complexity index is 310. The number of hydrogen-bond donors (Lipinski definition) is 0. The molecule has 0 N–H and O–H groups in total. The fourth-order valence-corrected chi connectivity index (χ4v) is 1.61. The van der Waals surface area contributed by atoms with Crippen LogP contribution in [0.2, 0.25) is 0 Å². The molecule has 0 aliphatic carbocycles. The van der Waals surface area contributed by atoms with Crippen molar-refractivity contribution in [3.63, 3.8) is 0 Å². The van der Waals surface area contributed by atoms with Crippen LogP contribution in [0.1, 0.15) is 20.8 Å². The lowest BCUT2D eigenvalue weighted by Gasteiger charge is -2.05. The van der Waals surface area contributed by atoms with Gasteiger partial charge in [-0.1, -0.05) is 25.6 Å². The van der Waals surface area contributed by atoms with Gasteiger partial charge in [-0.3, -0.25) is 4.79 Å². The molecule has 0 spiro atoms. The van der Waals surface area contributed by atoms with Crippen LogP contribution in [0, 0.1) is 5.92 Å². The summed E-state index contributed by atoms with van der Waals surface area (Å²) in [5.41, 5.74) is 0. The zero-order valence-electron chi connectivity index (χ0n) is 8.60. The lowest BCUT2D eigenvalue weighted by atomic mass is 10.2. The van der Waals surface area contributed by atoms with Crippen molar-refractivity contribution in [1.29, 1.82) is 0 Å². The van der Waals surface area contributed by atoms with E-state index >= 15 is 0 Å². The molecule has 0 aliphatic heterocycles. The number of carbonyl (C=O) groups excluding carboxylic acids is 1. The number of Topliss-reactive ketones (excluding diaryl/α,β-unsaturated/α-hetero) is 1. The normalized spacial score (nSPS) is 10.9. The average Bonchev–Trinajstić information content (AvgIpc) is 2.47. The van der Waals surface area contributed by atoms with Gasteiger partial charge in [0.05, 0.1) is 5.75 Å². The van der Waals surface area contributed by atoms with Crippen LogP contribution in [0.25, 0.3) is 0 Å². The zero-order valence-corrected chi connectivity index (χ0v) is 9.41. The Kier molecular flexibility index (Phi) is 4.06. The minimum atomic E-state index is 0.133. The molecule has 0 aromatic carbocycles. The van der Waals surface area contributed by atoms with E-state index in [-0.39, 0.29) is 5.78 Å². The van der Waals surface area contributed by atoms with Gasteiger partial charge in [0.15, 0.2) is 0 Å². The van der Waals surface area contributed by atoms with Gasteiger partial charge in [0.25, 0.3) is 0 Å². The van der Waals surface area contributed by atoms with Gasteiger partial charge >= 0.3 is 0 Å². The highest BCUT2D eigenvalue weighted by Gasteiger charge is 2.08. The van der Waals surface area contributed by atoms with E-state index in [1.807, 2.05) is 0 Å². The minimum absolute atomic E-state index is 0.133. The first-order valence-corrected chi connectivity index (χ1v) is 5.46. The molecule has 1 aromatic rings. The fourth-order valence-electron chi connectivity index (χ4n) is 0.926. The summed E-state index contributed by atoms with van der Waals surface area (Å²) in [5.74, 6) is 1.06. The van der Waals surface area contributed by atoms with Gasteiger partial charge in [-0.2, -0.15) is 0 Å². The number of tetrazole rings is 1. The van der Waals surface area contributed by atoms with Crippen molar-refractivity contribution in [2.75, 3.05) is 5.75 Å². The number of thioether (sulfide) groups is 1. The number of carbonyl (C=O) groups is 1. The van der Waals surface area contributed by atoms with Gasteiger partial charge in [-0.15, -0.1) is 5.10 Å². The minimum Gasteiger partial charge on any atom is -0.299 e. The smallest absolute Gasteiger partial charge is 0.209 e. The van der Waals surface area contributed by atoms with Crippen molar-refractivity contribution in [3.05, 3.63) is 0 Å². The molecule has 0 radical (unpaired) electrons. The van der Waals surface area contributed by atoms with Crippen LogP contribution >= 0.6 is 11.8 Å². The Hall–Kier alpha value is -0.910. The molecule has 0 unspecified atom stereocenters. The van der Waals surface area contributed by atoms with E-state index in [4.69, 9.17) is 0 Å². The van der Waals surface area contributed by atoms with E-state index in [1.54, 1.807) is 11.6 Å². The highest BCUT2D eigenvalue weighted by Crippen LogP contribution is 2.14. The molecule has 0 fully saturated rings. The van der Waals surface area contributed by atoms with Crippen LogP contribution < -0.4 is 0 Å². The quantitative estimate of drug-likeness (QED) is 0.685. The lowest BCUT2D eigenvalue weighted by molar-refractivity contribution is -0.114. The second-order valence-corrected chi connectivity index (χ2v) is 4.47. The molecular weight excluding hydrogens is 200 g/mol. The van der Waals surface area contributed by atoms with E-state index in [0.717, 1.165) is 6.54 Å². The Morgan fingerprint density at radius 3 is 2.86 bits per heavy atom. The first kappa shape index (κ1) is 11.2. The van der Waals surface area contributed by atoms with Gasteiger partial charge in [0.2, 0.25) is 5.16 Å². The SMILES string of the molecule is CC(=O)CSc1nnnn1CC(C)C. The highest BCUT2D eigenvalue weighted by molar-refractivity contribution is 7.99. The van der Waals surface area contributed by atoms with Crippen molar-refractivity contribution < 1.29 is 4.79 Å². The molecule has 5 nitrogen and oxygen atoms in total. The molecule has 14 heavy (non-hydrogen) atoms. The van der Waals surface area contributed by atoms with Gasteiger partial charge in [-0.25, -0.2) is 4.68 Å². The highest BCUT2D eigenvalue weighted by atomic mass is 32.2. The van der Waals surface area contributed by atoms with Crippen molar-refractivity contribution in [3.8, 4) is 0 Å². The van der Waals surface area contributed by atoms with Gasteiger partial charge in [0, 0.05) is 6.54 Å². The van der Waals surface area contributed by atoms with Gasteiger partial charge in [0.1, 0.15) is 5.78 Å². The van der Waals surface area contributed by atoms with Crippen molar-refractivity contribution in [1.82, 2.24) is 20.2 Å². The van der Waals surface area contributed by atoms with Crippen LogP contribution in [0.3, 0.4) is 0 Å². The maximum atomic E-state index is 10.8. The van der Waals surface area contributed by atoms with E-state index in [1.165, 1.54) is 11.8 Å². The summed E-state index contributed by atoms with van der Waals surface area (Å²) >= 11 is 1.38. The molecule has 6 heteroatoms. The molecule has 1 aromatic heterocycles. The van der Waals surface area contributed by atoms with E-state index in [9.17, 15) is 4.79 Å². The summed E-state index contributed by atoms with van der Waals surface area (Å²) < 4.78 is 1.73. The van der Waals surface area contributed by atoms with Crippen LogP contribution in [-0.4, -0.2) is 31.7 Å². The second kappa shape index (κ2) is 5.09. The number of aromatic nitrogens is 4. The van der Waals surface area contributed by atoms with Gasteiger partial charge in [-0.05, 0) is 23.3 Å². The molecule has 0 amide bonds.